The van der Waals surface area contributed by atoms with Crippen molar-refractivity contribution in [3.05, 3.63) is 48.2 Å². The minimum Gasteiger partial charge on any atom is -0.495 e. The fraction of sp³-hybridized carbons (Fsp3) is 0.368. The van der Waals surface area contributed by atoms with E-state index in [1.165, 1.54) is 0 Å². The molecule has 24 heavy (non-hydrogen) atoms. The molecule has 0 bridgehead atoms. The number of anilines is 2. The fourth-order valence-electron chi connectivity index (χ4n) is 2.93. The third-order valence-electron chi connectivity index (χ3n) is 4.47. The number of likely N-dealkylation sites (tertiary alicyclic amines) is 1. The maximum Gasteiger partial charge on any atom is 0.257 e. The normalized spacial score (nSPS) is 15.2. The van der Waals surface area contributed by atoms with Gasteiger partial charge in [0, 0.05) is 19.3 Å². The third-order valence-corrected chi connectivity index (χ3v) is 4.47. The predicted octanol–water partition coefficient (Wildman–Crippen LogP) is 3.71. The number of para-hydroxylation sites is 2. The Morgan fingerprint density at radius 3 is 2.71 bits per heavy atom. The number of nitrogens with zero attached hydrogens (tertiary/aromatic N) is 2. The van der Waals surface area contributed by atoms with Crippen molar-refractivity contribution in [3.63, 3.8) is 0 Å². The van der Waals surface area contributed by atoms with Crippen LogP contribution in [0.15, 0.2) is 42.6 Å². The van der Waals surface area contributed by atoms with Crippen LogP contribution in [0.25, 0.3) is 0 Å². The van der Waals surface area contributed by atoms with Crippen LogP contribution in [0, 0.1) is 5.92 Å². The van der Waals surface area contributed by atoms with Crippen LogP contribution in [-0.4, -0.2) is 36.0 Å². The molecule has 3 rings (SSSR count). The molecular weight excluding hydrogens is 302 g/mol. The summed E-state index contributed by atoms with van der Waals surface area (Å²) in [7, 11) is 1.62. The first-order valence-electron chi connectivity index (χ1n) is 8.33. The van der Waals surface area contributed by atoms with Crippen LogP contribution in [0.2, 0.25) is 0 Å². The van der Waals surface area contributed by atoms with Crippen LogP contribution >= 0.6 is 0 Å². The zero-order valence-corrected chi connectivity index (χ0v) is 14.2. The number of amides is 1. The van der Waals surface area contributed by atoms with E-state index in [1.807, 2.05) is 35.2 Å². The molecule has 5 nitrogen and oxygen atoms in total. The van der Waals surface area contributed by atoms with Gasteiger partial charge in [-0.05, 0) is 43.0 Å². The molecule has 1 aromatic carbocycles. The summed E-state index contributed by atoms with van der Waals surface area (Å²) in [5.74, 6) is 2.00. The van der Waals surface area contributed by atoms with Gasteiger partial charge in [0.2, 0.25) is 0 Å². The van der Waals surface area contributed by atoms with Gasteiger partial charge in [0.15, 0.2) is 0 Å². The smallest absolute Gasteiger partial charge is 0.257 e. The fourth-order valence-corrected chi connectivity index (χ4v) is 2.93. The van der Waals surface area contributed by atoms with E-state index in [-0.39, 0.29) is 5.91 Å². The summed E-state index contributed by atoms with van der Waals surface area (Å²) >= 11 is 0. The summed E-state index contributed by atoms with van der Waals surface area (Å²) in [5, 5.41) is 3.24. The van der Waals surface area contributed by atoms with E-state index in [4.69, 9.17) is 4.74 Å². The molecule has 1 aliphatic rings. The first kappa shape index (κ1) is 16.3. The van der Waals surface area contributed by atoms with Crippen LogP contribution in [-0.2, 0) is 0 Å². The predicted molar refractivity (Wildman–Crippen MR) is 94.8 cm³/mol. The molecule has 0 aliphatic carbocycles. The molecule has 0 unspecified atom stereocenters. The molecule has 1 aromatic heterocycles. The molecule has 2 aromatic rings. The Morgan fingerprint density at radius 2 is 1.96 bits per heavy atom. The number of carbonyl (C=O) groups is 1. The highest BCUT2D eigenvalue weighted by molar-refractivity contribution is 5.99. The van der Waals surface area contributed by atoms with Gasteiger partial charge in [-0.2, -0.15) is 0 Å². The number of ether oxygens (including phenoxy) is 1. The minimum atomic E-state index is 0.0346. The number of aromatic nitrogens is 1. The highest BCUT2D eigenvalue weighted by Crippen LogP contribution is 2.28. The number of pyridine rings is 1. The van der Waals surface area contributed by atoms with Crippen LogP contribution in [0.5, 0.6) is 5.75 Å². The number of benzene rings is 1. The molecule has 1 aliphatic heterocycles. The number of methoxy groups -OCH3 is 1. The zero-order chi connectivity index (χ0) is 16.9. The highest BCUT2D eigenvalue weighted by Gasteiger charge is 2.24. The molecule has 126 valence electrons. The third kappa shape index (κ3) is 3.50. The van der Waals surface area contributed by atoms with Gasteiger partial charge in [0.1, 0.15) is 11.6 Å². The maximum atomic E-state index is 12.9. The Kier molecular flexibility index (Phi) is 4.99. The molecule has 1 N–H and O–H groups in total. The van der Waals surface area contributed by atoms with Crippen LogP contribution in [0.1, 0.15) is 30.1 Å². The van der Waals surface area contributed by atoms with E-state index in [9.17, 15) is 4.79 Å². The van der Waals surface area contributed by atoms with Gasteiger partial charge < -0.3 is 15.0 Å². The van der Waals surface area contributed by atoms with Crippen molar-refractivity contribution in [2.24, 2.45) is 5.92 Å². The second-order valence-electron chi connectivity index (χ2n) is 6.20. The number of hydrogen-bond acceptors (Lipinski definition) is 4. The van der Waals surface area contributed by atoms with E-state index in [0.717, 1.165) is 31.6 Å². The Bertz CT molecular complexity index is 709. The largest absolute Gasteiger partial charge is 0.495 e. The Balaban J connectivity index is 1.84. The molecule has 2 heterocycles. The summed E-state index contributed by atoms with van der Waals surface area (Å²) in [6, 6.07) is 11.2. The van der Waals surface area contributed by atoms with Crippen molar-refractivity contribution in [3.8, 4) is 5.75 Å². The van der Waals surface area contributed by atoms with Crippen molar-refractivity contribution in [1.82, 2.24) is 9.88 Å². The second-order valence-corrected chi connectivity index (χ2v) is 6.20. The van der Waals surface area contributed by atoms with Gasteiger partial charge in [0.05, 0.1) is 18.4 Å². The van der Waals surface area contributed by atoms with E-state index >= 15 is 0 Å². The number of rotatable bonds is 4. The molecule has 1 saturated heterocycles. The molecule has 1 fully saturated rings. The van der Waals surface area contributed by atoms with Crippen LogP contribution in [0.4, 0.5) is 11.5 Å². The van der Waals surface area contributed by atoms with Gasteiger partial charge >= 0.3 is 0 Å². The molecule has 0 atom stereocenters. The lowest BCUT2D eigenvalue weighted by atomic mass is 9.98. The minimum absolute atomic E-state index is 0.0346. The van der Waals surface area contributed by atoms with E-state index < -0.39 is 0 Å². The standard InChI is InChI=1S/C19H23N3O2/c1-14-9-12-22(13-10-14)19(23)15-6-5-11-20-18(15)21-16-7-3-4-8-17(16)24-2/h3-8,11,14H,9-10,12-13H2,1-2H3,(H,20,21). The van der Waals surface area contributed by atoms with Gasteiger partial charge in [-0.15, -0.1) is 0 Å². The van der Waals surface area contributed by atoms with Crippen molar-refractivity contribution in [2.45, 2.75) is 19.8 Å². The van der Waals surface area contributed by atoms with Crippen molar-refractivity contribution < 1.29 is 9.53 Å². The van der Waals surface area contributed by atoms with E-state index in [2.05, 4.69) is 17.2 Å². The molecule has 0 spiro atoms. The van der Waals surface area contributed by atoms with Crippen molar-refractivity contribution in [1.29, 1.82) is 0 Å². The Labute approximate surface area is 142 Å². The van der Waals surface area contributed by atoms with Crippen molar-refractivity contribution in [2.75, 3.05) is 25.5 Å². The zero-order valence-electron chi connectivity index (χ0n) is 14.2. The van der Waals surface area contributed by atoms with Gasteiger partial charge in [-0.25, -0.2) is 4.98 Å². The van der Waals surface area contributed by atoms with Gasteiger partial charge in [0.25, 0.3) is 5.91 Å². The number of hydrogen-bond donors (Lipinski definition) is 1. The first-order valence-corrected chi connectivity index (χ1v) is 8.33. The molecule has 0 radical (unpaired) electrons. The lowest BCUT2D eigenvalue weighted by molar-refractivity contribution is 0.0698. The topological polar surface area (TPSA) is 54.5 Å². The molecule has 1 amide bonds. The lowest BCUT2D eigenvalue weighted by Gasteiger charge is -2.30. The summed E-state index contributed by atoms with van der Waals surface area (Å²) in [6.07, 6.45) is 3.80. The van der Waals surface area contributed by atoms with Gasteiger partial charge in [-0.3, -0.25) is 4.79 Å². The van der Waals surface area contributed by atoms with Crippen LogP contribution in [0.3, 0.4) is 0 Å². The van der Waals surface area contributed by atoms with Crippen LogP contribution < -0.4 is 10.1 Å². The average molecular weight is 325 g/mol. The Morgan fingerprint density at radius 1 is 1.21 bits per heavy atom. The quantitative estimate of drug-likeness (QED) is 0.931. The monoisotopic (exact) mass is 325 g/mol. The highest BCUT2D eigenvalue weighted by atomic mass is 16.5. The number of carbonyl (C=O) groups excluding carboxylic acids is 1. The summed E-state index contributed by atoms with van der Waals surface area (Å²) in [4.78, 5) is 19.2. The van der Waals surface area contributed by atoms with E-state index in [1.54, 1.807) is 19.4 Å². The SMILES string of the molecule is COc1ccccc1Nc1ncccc1C(=O)N1CCC(C)CC1. The summed E-state index contributed by atoms with van der Waals surface area (Å²) in [6.45, 7) is 3.85. The lowest BCUT2D eigenvalue weighted by Crippen LogP contribution is -2.38. The Hall–Kier alpha value is -2.56. The molecular formula is C19H23N3O2. The number of piperidine rings is 1. The summed E-state index contributed by atoms with van der Waals surface area (Å²) < 4.78 is 5.36. The molecule has 5 heteroatoms. The second kappa shape index (κ2) is 7.34. The average Bonchev–Trinajstić information content (AvgIpc) is 2.63. The summed E-state index contributed by atoms with van der Waals surface area (Å²) in [5.41, 5.74) is 1.39. The van der Waals surface area contributed by atoms with Crippen molar-refractivity contribution >= 4 is 17.4 Å². The van der Waals surface area contributed by atoms with E-state index in [0.29, 0.717) is 23.0 Å². The molecule has 0 saturated carbocycles. The van der Waals surface area contributed by atoms with Gasteiger partial charge in [-0.1, -0.05) is 19.1 Å². The first-order chi connectivity index (χ1) is 11.7. The maximum absolute atomic E-state index is 12.9. The number of nitrogens with one attached hydrogen (secondary N) is 1.